The lowest BCUT2D eigenvalue weighted by atomic mass is 10.2. The molecule has 1 aliphatic rings. The summed E-state index contributed by atoms with van der Waals surface area (Å²) in [5.41, 5.74) is 1.56. The Balaban J connectivity index is 1.28. The van der Waals surface area contributed by atoms with Crippen LogP contribution >= 0.6 is 11.6 Å². The van der Waals surface area contributed by atoms with Crippen LogP contribution in [0.3, 0.4) is 0 Å². The molecule has 0 radical (unpaired) electrons. The fourth-order valence-electron chi connectivity index (χ4n) is 2.71. The normalized spacial score (nSPS) is 13.4. The fourth-order valence-corrected chi connectivity index (χ4v) is 2.94. The number of rotatable bonds is 7. The average molecular weight is 401 g/mol. The van der Waals surface area contributed by atoms with Gasteiger partial charge in [0.05, 0.1) is 18.1 Å². The zero-order valence-corrected chi connectivity index (χ0v) is 15.7. The molecule has 1 heterocycles. The molecule has 1 saturated carbocycles. The summed E-state index contributed by atoms with van der Waals surface area (Å²) in [7, 11) is 0. The Morgan fingerprint density at radius 3 is 2.75 bits per heavy atom. The third-order valence-electron chi connectivity index (χ3n) is 4.37. The van der Waals surface area contributed by atoms with Gasteiger partial charge in [-0.25, -0.2) is 9.37 Å². The largest absolute Gasteiger partial charge is 0.491 e. The van der Waals surface area contributed by atoms with Gasteiger partial charge in [-0.3, -0.25) is 9.89 Å². The first-order valence-corrected chi connectivity index (χ1v) is 9.37. The molecule has 28 heavy (non-hydrogen) atoms. The van der Waals surface area contributed by atoms with Crippen LogP contribution < -0.4 is 10.1 Å². The lowest BCUT2D eigenvalue weighted by Gasteiger charge is -2.09. The van der Waals surface area contributed by atoms with Crippen LogP contribution in [0, 0.1) is 5.82 Å². The van der Waals surface area contributed by atoms with Crippen molar-refractivity contribution in [3.8, 4) is 17.1 Å². The van der Waals surface area contributed by atoms with Crippen molar-refractivity contribution in [1.82, 2.24) is 15.2 Å². The van der Waals surface area contributed by atoms with Crippen molar-refractivity contribution in [3.05, 3.63) is 59.1 Å². The van der Waals surface area contributed by atoms with Gasteiger partial charge in [0.2, 0.25) is 5.91 Å². The molecule has 0 unspecified atom stereocenters. The van der Waals surface area contributed by atoms with Gasteiger partial charge in [0.1, 0.15) is 17.4 Å². The Kier molecular flexibility index (Phi) is 5.25. The summed E-state index contributed by atoms with van der Waals surface area (Å²) in [6.45, 7) is 0.135. The minimum Gasteiger partial charge on any atom is -0.491 e. The maximum Gasteiger partial charge on any atom is 0.227 e. The highest BCUT2D eigenvalue weighted by Gasteiger charge is 2.27. The van der Waals surface area contributed by atoms with Gasteiger partial charge in [0.15, 0.2) is 5.82 Å². The van der Waals surface area contributed by atoms with Crippen LogP contribution in [0.15, 0.2) is 42.5 Å². The van der Waals surface area contributed by atoms with Crippen LogP contribution in [-0.4, -0.2) is 27.7 Å². The lowest BCUT2D eigenvalue weighted by molar-refractivity contribution is -0.116. The van der Waals surface area contributed by atoms with E-state index >= 15 is 0 Å². The molecule has 0 saturated heterocycles. The van der Waals surface area contributed by atoms with Gasteiger partial charge in [-0.05, 0) is 55.3 Å². The second-order valence-corrected chi connectivity index (χ2v) is 7.02. The number of anilines is 1. The molecule has 1 aromatic heterocycles. The molecule has 1 amide bonds. The highest BCUT2D eigenvalue weighted by molar-refractivity contribution is 6.32. The summed E-state index contributed by atoms with van der Waals surface area (Å²) in [5, 5.41) is 10.2. The molecular weight excluding hydrogens is 383 g/mol. The first-order chi connectivity index (χ1) is 13.6. The number of nitrogens with zero attached hydrogens (tertiary/aromatic N) is 2. The van der Waals surface area contributed by atoms with Crippen LogP contribution in [0.1, 0.15) is 31.0 Å². The standard InChI is InChI=1S/C20H18ClFN4O2/c21-16-11-14(22)5-8-17(16)28-10-9-18(27)23-15-6-3-13(4-7-15)20-24-19(25-26-20)12-1-2-12/h3-8,11-12H,1-2,9-10H2,(H,23,27)(H,24,25,26). The minimum absolute atomic E-state index is 0.135. The van der Waals surface area contributed by atoms with E-state index in [9.17, 15) is 9.18 Å². The van der Waals surface area contributed by atoms with E-state index in [1.165, 1.54) is 18.2 Å². The van der Waals surface area contributed by atoms with E-state index in [2.05, 4.69) is 20.5 Å². The second kappa shape index (κ2) is 7.98. The van der Waals surface area contributed by atoms with Crippen LogP contribution in [0.25, 0.3) is 11.4 Å². The zero-order chi connectivity index (χ0) is 19.5. The number of H-pyrrole nitrogens is 1. The maximum absolute atomic E-state index is 13.0. The zero-order valence-electron chi connectivity index (χ0n) is 14.9. The van der Waals surface area contributed by atoms with E-state index in [1.807, 2.05) is 12.1 Å². The first kappa shape index (κ1) is 18.4. The Hall–Kier alpha value is -2.93. The molecule has 0 aliphatic heterocycles. The number of aromatic nitrogens is 3. The summed E-state index contributed by atoms with van der Waals surface area (Å²) in [6, 6.07) is 11.2. The van der Waals surface area contributed by atoms with Gasteiger partial charge in [0, 0.05) is 17.2 Å². The van der Waals surface area contributed by atoms with Crippen molar-refractivity contribution >= 4 is 23.2 Å². The number of benzene rings is 2. The third-order valence-corrected chi connectivity index (χ3v) is 4.67. The molecule has 1 fully saturated rings. The summed E-state index contributed by atoms with van der Waals surface area (Å²) in [4.78, 5) is 16.6. The van der Waals surface area contributed by atoms with Crippen LogP contribution in [0.2, 0.25) is 5.02 Å². The van der Waals surface area contributed by atoms with Crippen LogP contribution in [0.4, 0.5) is 10.1 Å². The Labute approximate surface area is 166 Å². The summed E-state index contributed by atoms with van der Waals surface area (Å²) >= 11 is 5.88. The topological polar surface area (TPSA) is 79.9 Å². The molecule has 6 nitrogen and oxygen atoms in total. The summed E-state index contributed by atoms with van der Waals surface area (Å²) in [5.74, 6) is 1.83. The molecule has 3 aromatic rings. The molecule has 144 valence electrons. The SMILES string of the molecule is O=C(CCOc1ccc(F)cc1Cl)Nc1ccc(-c2n[nH]c(C3CC3)n2)cc1. The van der Waals surface area contributed by atoms with Crippen molar-refractivity contribution in [1.29, 1.82) is 0 Å². The molecule has 2 N–H and O–H groups in total. The predicted octanol–water partition coefficient (Wildman–Crippen LogP) is 4.55. The number of nitrogens with one attached hydrogen (secondary N) is 2. The summed E-state index contributed by atoms with van der Waals surface area (Å²) in [6.07, 6.45) is 2.47. The first-order valence-electron chi connectivity index (χ1n) is 8.99. The van der Waals surface area contributed by atoms with E-state index in [0.29, 0.717) is 23.2 Å². The van der Waals surface area contributed by atoms with Crippen molar-refractivity contribution in [3.63, 3.8) is 0 Å². The van der Waals surface area contributed by atoms with Crippen molar-refractivity contribution in [2.24, 2.45) is 0 Å². The van der Waals surface area contributed by atoms with E-state index < -0.39 is 5.82 Å². The van der Waals surface area contributed by atoms with Crippen molar-refractivity contribution in [2.75, 3.05) is 11.9 Å². The number of halogens is 2. The number of hydrogen-bond acceptors (Lipinski definition) is 4. The molecule has 4 rings (SSSR count). The van der Waals surface area contributed by atoms with E-state index in [-0.39, 0.29) is 24.0 Å². The monoisotopic (exact) mass is 400 g/mol. The number of carbonyl (C=O) groups excluding carboxylic acids is 1. The summed E-state index contributed by atoms with van der Waals surface area (Å²) < 4.78 is 18.4. The molecular formula is C20H18ClFN4O2. The van der Waals surface area contributed by atoms with E-state index in [4.69, 9.17) is 16.3 Å². The average Bonchev–Trinajstić information content (AvgIpc) is 3.41. The van der Waals surface area contributed by atoms with Crippen molar-refractivity contribution in [2.45, 2.75) is 25.2 Å². The van der Waals surface area contributed by atoms with E-state index in [1.54, 1.807) is 12.1 Å². The molecule has 0 bridgehead atoms. The van der Waals surface area contributed by atoms with Crippen LogP contribution in [0.5, 0.6) is 5.75 Å². The van der Waals surface area contributed by atoms with Gasteiger partial charge in [-0.15, -0.1) is 0 Å². The van der Waals surface area contributed by atoms with Gasteiger partial charge in [0.25, 0.3) is 0 Å². The Morgan fingerprint density at radius 1 is 1.25 bits per heavy atom. The minimum atomic E-state index is -0.438. The van der Waals surface area contributed by atoms with Crippen LogP contribution in [-0.2, 0) is 4.79 Å². The molecule has 0 spiro atoms. The molecule has 1 aliphatic carbocycles. The van der Waals surface area contributed by atoms with Gasteiger partial charge >= 0.3 is 0 Å². The number of aromatic amines is 1. The quantitative estimate of drug-likeness (QED) is 0.609. The maximum atomic E-state index is 13.0. The van der Waals surface area contributed by atoms with Gasteiger partial charge in [-0.1, -0.05) is 11.6 Å². The highest BCUT2D eigenvalue weighted by Crippen LogP contribution is 2.38. The molecule has 8 heteroatoms. The Bertz CT molecular complexity index is 986. The molecule has 0 atom stereocenters. The number of carbonyl (C=O) groups is 1. The van der Waals surface area contributed by atoms with Crippen molar-refractivity contribution < 1.29 is 13.9 Å². The fraction of sp³-hybridized carbons (Fsp3) is 0.250. The number of amides is 1. The smallest absolute Gasteiger partial charge is 0.227 e. The van der Waals surface area contributed by atoms with E-state index in [0.717, 1.165) is 24.2 Å². The third kappa shape index (κ3) is 4.48. The predicted molar refractivity (Wildman–Crippen MR) is 104 cm³/mol. The lowest BCUT2D eigenvalue weighted by Crippen LogP contribution is -2.15. The number of hydrogen-bond donors (Lipinski definition) is 2. The van der Waals surface area contributed by atoms with Gasteiger partial charge in [-0.2, -0.15) is 5.10 Å². The second-order valence-electron chi connectivity index (χ2n) is 6.62. The molecule has 2 aromatic carbocycles. The highest BCUT2D eigenvalue weighted by atomic mass is 35.5. The number of ether oxygens (including phenoxy) is 1. The Morgan fingerprint density at radius 2 is 2.04 bits per heavy atom. The van der Waals surface area contributed by atoms with Gasteiger partial charge < -0.3 is 10.1 Å².